The maximum Gasteiger partial charge on any atom is 0.272 e. The fraction of sp³-hybridized carbons (Fsp3) is 0.489. The predicted octanol–water partition coefficient (Wildman–Crippen LogP) is 4.65. The van der Waals surface area contributed by atoms with Crippen molar-refractivity contribution in [3.05, 3.63) is 88.1 Å². The number of nitrogens with zero attached hydrogens (tertiary/aromatic N) is 8. The Morgan fingerprint density at radius 3 is 2.18 bits per heavy atom. The van der Waals surface area contributed by atoms with Gasteiger partial charge < -0.3 is 24.4 Å². The van der Waals surface area contributed by atoms with E-state index >= 15 is 4.39 Å². The second kappa shape index (κ2) is 15.9. The molecule has 2 aromatic carbocycles. The Bertz CT molecular complexity index is 2270. The third kappa shape index (κ3) is 7.46. The number of amides is 5. The van der Waals surface area contributed by atoms with Gasteiger partial charge in [0.05, 0.1) is 22.5 Å². The maximum absolute atomic E-state index is 15.5. The van der Waals surface area contributed by atoms with Gasteiger partial charge in [-0.05, 0) is 105 Å². The monoisotopic (exact) mass is 815 g/mol. The highest BCUT2D eigenvalue weighted by Crippen LogP contribution is 2.43. The topological polar surface area (TPSA) is 134 Å². The summed E-state index contributed by atoms with van der Waals surface area (Å²) in [4.78, 5) is 84.0. The van der Waals surface area contributed by atoms with Crippen LogP contribution in [0.2, 0.25) is 0 Å². The number of piperidine rings is 3. The highest BCUT2D eigenvalue weighted by molar-refractivity contribution is 6.23. The van der Waals surface area contributed by atoms with Crippen molar-refractivity contribution in [1.29, 1.82) is 0 Å². The van der Waals surface area contributed by atoms with Gasteiger partial charge in [0.15, 0.2) is 0 Å². The first-order valence-electron chi connectivity index (χ1n) is 21.2. The van der Waals surface area contributed by atoms with Crippen LogP contribution in [0, 0.1) is 30.6 Å². The molecule has 0 bridgehead atoms. The minimum atomic E-state index is -1.09. The first kappa shape index (κ1) is 39.6. The van der Waals surface area contributed by atoms with E-state index in [2.05, 4.69) is 48.0 Å². The number of hydrogen-bond acceptors (Lipinski definition) is 10. The average Bonchev–Trinajstić information content (AvgIpc) is 3.78. The lowest BCUT2D eigenvalue weighted by atomic mass is 9.77. The molecular weight excluding hydrogens is 766 g/mol. The van der Waals surface area contributed by atoms with Crippen LogP contribution in [0.1, 0.15) is 81.6 Å². The van der Waals surface area contributed by atoms with Crippen LogP contribution in [0.5, 0.6) is 0 Å². The number of hydrogen-bond donors (Lipinski definition) is 1. The molecule has 5 fully saturated rings. The molecule has 3 aromatic rings. The van der Waals surface area contributed by atoms with E-state index in [9.17, 15) is 24.0 Å². The van der Waals surface area contributed by atoms with Crippen molar-refractivity contribution < 1.29 is 28.4 Å². The molecule has 9 rings (SSSR count). The Balaban J connectivity index is 0.722. The molecule has 1 atom stereocenters. The van der Waals surface area contributed by atoms with Gasteiger partial charge in [-0.25, -0.2) is 4.39 Å². The van der Waals surface area contributed by atoms with Gasteiger partial charge in [0.1, 0.15) is 18.1 Å². The lowest BCUT2D eigenvalue weighted by Gasteiger charge is -2.40. The maximum atomic E-state index is 15.5. The molecule has 14 nitrogen and oxygen atoms in total. The van der Waals surface area contributed by atoms with Crippen molar-refractivity contribution in [2.45, 2.75) is 57.9 Å². The van der Waals surface area contributed by atoms with Crippen molar-refractivity contribution >= 4 is 52.4 Å². The molecular formula is C45H50FN9O5. The number of fused-ring (bicyclic) bond motifs is 1. The molecule has 1 unspecified atom stereocenters. The number of likely N-dealkylation sites (tertiary alicyclic amines) is 1. The summed E-state index contributed by atoms with van der Waals surface area (Å²) >= 11 is 0. The molecule has 312 valence electrons. The number of aryl methyl sites for hydroxylation is 1. The molecule has 5 amide bonds. The fourth-order valence-electron chi connectivity index (χ4n) is 10.2. The number of piperazine rings is 1. The average molecular weight is 816 g/mol. The van der Waals surface area contributed by atoms with Crippen LogP contribution in [0.4, 0.5) is 27.3 Å². The van der Waals surface area contributed by atoms with E-state index in [-0.39, 0.29) is 41.0 Å². The number of halogens is 1. The summed E-state index contributed by atoms with van der Waals surface area (Å²) < 4.78 is 15.5. The zero-order chi connectivity index (χ0) is 41.7. The summed E-state index contributed by atoms with van der Waals surface area (Å²) in [5.41, 5.74) is 4.35. The van der Waals surface area contributed by atoms with E-state index < -0.39 is 35.5 Å². The molecule has 0 saturated carbocycles. The molecule has 6 aliphatic rings. The first-order valence-corrected chi connectivity index (χ1v) is 21.2. The number of rotatable bonds is 7. The molecule has 6 aliphatic heterocycles. The summed E-state index contributed by atoms with van der Waals surface area (Å²) in [5.74, 6) is -2.06. The lowest BCUT2D eigenvalue weighted by Crippen LogP contribution is -2.54. The number of nitrogens with one attached hydrogen (secondary N) is 1. The number of imide groups is 2. The Morgan fingerprint density at radius 1 is 0.833 bits per heavy atom. The number of aromatic nitrogens is 1. The van der Waals surface area contributed by atoms with Crippen molar-refractivity contribution in [2.75, 3.05) is 86.7 Å². The minimum absolute atomic E-state index is 0.0234. The smallest absolute Gasteiger partial charge is 0.272 e. The van der Waals surface area contributed by atoms with Crippen LogP contribution < -0.4 is 20.0 Å². The van der Waals surface area contributed by atoms with E-state index in [0.29, 0.717) is 24.8 Å². The van der Waals surface area contributed by atoms with Crippen molar-refractivity contribution in [1.82, 2.24) is 25.0 Å². The van der Waals surface area contributed by atoms with Gasteiger partial charge >= 0.3 is 0 Å². The Hall–Kier alpha value is -5.88. The molecule has 60 heavy (non-hydrogen) atoms. The standard InChI is InChI=1S/C45H50FN9O5/c1-29-23-33(26-48-40(29)47-2)54-18-13-45(28-54)11-16-53(17-12-45)42(58)31-3-5-32(6-4-31)51-21-19-50(20-22-51)27-30-9-14-52(15-10-30)38-25-35-34(24-36(38)46)43(59)55(44(35)60)37-7-8-39(56)49-41(37)57/h3-6,23-26,30,37H,7-22,27-28H2,1H3,(H,49,56,57). The van der Waals surface area contributed by atoms with Gasteiger partial charge in [-0.15, -0.1) is 4.98 Å². The second-order valence-corrected chi connectivity index (χ2v) is 17.5. The van der Waals surface area contributed by atoms with Gasteiger partial charge in [-0.3, -0.25) is 39.1 Å². The molecule has 1 aromatic heterocycles. The molecule has 7 heterocycles. The van der Waals surface area contributed by atoms with Gasteiger partial charge in [0.2, 0.25) is 11.8 Å². The van der Waals surface area contributed by atoms with Crippen LogP contribution >= 0.6 is 0 Å². The van der Waals surface area contributed by atoms with E-state index in [4.69, 9.17) is 6.57 Å². The van der Waals surface area contributed by atoms with E-state index in [1.165, 1.54) is 6.07 Å². The lowest BCUT2D eigenvalue weighted by molar-refractivity contribution is -0.136. The molecule has 15 heteroatoms. The Kier molecular flexibility index (Phi) is 10.5. The van der Waals surface area contributed by atoms with E-state index in [1.54, 1.807) is 0 Å². The third-order valence-electron chi connectivity index (χ3n) is 13.9. The highest BCUT2D eigenvalue weighted by atomic mass is 19.1. The minimum Gasteiger partial charge on any atom is -0.369 e. The van der Waals surface area contributed by atoms with Gasteiger partial charge in [-0.2, -0.15) is 0 Å². The molecule has 1 N–H and O–H groups in total. The van der Waals surface area contributed by atoms with Crippen LogP contribution in [-0.2, 0) is 9.59 Å². The second-order valence-electron chi connectivity index (χ2n) is 17.5. The Morgan fingerprint density at radius 2 is 1.52 bits per heavy atom. The van der Waals surface area contributed by atoms with Gasteiger partial charge in [-0.1, -0.05) is 6.57 Å². The largest absolute Gasteiger partial charge is 0.369 e. The number of carbonyl (C=O) groups excluding carboxylic acids is 5. The summed E-state index contributed by atoms with van der Waals surface area (Å²) in [5, 5.41) is 2.19. The van der Waals surface area contributed by atoms with E-state index in [1.807, 2.05) is 35.1 Å². The van der Waals surface area contributed by atoms with Crippen molar-refractivity contribution in [3.8, 4) is 0 Å². The van der Waals surface area contributed by atoms with Crippen molar-refractivity contribution in [3.63, 3.8) is 0 Å². The first-order chi connectivity index (χ1) is 29.0. The third-order valence-corrected chi connectivity index (χ3v) is 13.9. The van der Waals surface area contributed by atoms with Crippen LogP contribution in [0.3, 0.4) is 0 Å². The van der Waals surface area contributed by atoms with Crippen LogP contribution in [0.25, 0.3) is 4.85 Å². The SMILES string of the molecule is [C-]#[N+]c1ncc(N2CCC3(CCN(C(=O)c4ccc(N5CCN(CC6CCN(c7cc8c(cc7F)C(=O)N(C7CCC(=O)NC7=O)C8=O)CC6)CC5)cc4)CC3)C2)cc1C. The van der Waals surface area contributed by atoms with Gasteiger partial charge in [0, 0.05) is 89.7 Å². The number of anilines is 3. The van der Waals surface area contributed by atoms with Crippen molar-refractivity contribution in [2.24, 2.45) is 11.3 Å². The fourth-order valence-corrected chi connectivity index (χ4v) is 10.2. The molecule has 5 saturated heterocycles. The normalized spacial score (nSPS) is 22.4. The zero-order valence-electron chi connectivity index (χ0n) is 34.0. The quantitative estimate of drug-likeness (QED) is 0.266. The number of carbonyl (C=O) groups is 5. The molecule has 1 spiro atoms. The van der Waals surface area contributed by atoms with Gasteiger partial charge in [0.25, 0.3) is 23.5 Å². The highest BCUT2D eigenvalue weighted by Gasteiger charge is 2.46. The summed E-state index contributed by atoms with van der Waals surface area (Å²) in [6.07, 6.45) is 6.69. The predicted molar refractivity (Wildman–Crippen MR) is 223 cm³/mol. The summed E-state index contributed by atoms with van der Waals surface area (Å²) in [7, 11) is 0. The van der Waals surface area contributed by atoms with Crippen LogP contribution in [-0.4, -0.2) is 127 Å². The Labute approximate surface area is 349 Å². The van der Waals surface area contributed by atoms with Crippen LogP contribution in [0.15, 0.2) is 48.7 Å². The zero-order valence-corrected chi connectivity index (χ0v) is 34.0. The number of pyridine rings is 1. The number of benzene rings is 2. The van der Waals surface area contributed by atoms with E-state index in [0.717, 1.165) is 124 Å². The molecule has 0 radical (unpaired) electrons. The summed E-state index contributed by atoms with van der Waals surface area (Å²) in [6.45, 7) is 18.5. The summed E-state index contributed by atoms with van der Waals surface area (Å²) in [6, 6.07) is 11.6. The molecule has 0 aliphatic carbocycles.